The molecule has 0 aliphatic carbocycles. The van der Waals surface area contributed by atoms with E-state index in [-0.39, 0.29) is 42.9 Å². The minimum atomic E-state index is -0.202. The van der Waals surface area contributed by atoms with Crippen LogP contribution in [0.25, 0.3) is 0 Å². The molecular weight excluding hydrogens is 276 g/mol. The second-order valence-electron chi connectivity index (χ2n) is 4.72. The van der Waals surface area contributed by atoms with Gasteiger partial charge in [-0.3, -0.25) is 14.4 Å². The normalized spacial score (nSPS) is 10.3. The maximum atomic E-state index is 11.7. The Balaban J connectivity index is 2.15. The molecule has 0 aromatic carbocycles. The summed E-state index contributed by atoms with van der Waals surface area (Å²) in [4.78, 5) is 35.2. The standard InChI is InChI=1S/C14H20N2O3S/c1-10(2)16-14(19)7-8-15-13(18)6-5-11(17)12-4-3-9-20-12/h3-4,9-10H,5-8H2,1-2H3,(H,15,18)(H,16,19). The van der Waals surface area contributed by atoms with E-state index in [1.54, 1.807) is 6.07 Å². The number of Topliss-reactive ketones (excluding diaryl/α,β-unsaturated/α-hetero) is 1. The van der Waals surface area contributed by atoms with Gasteiger partial charge in [-0.1, -0.05) is 6.07 Å². The summed E-state index contributed by atoms with van der Waals surface area (Å²) in [5.41, 5.74) is 0. The van der Waals surface area contributed by atoms with E-state index in [1.165, 1.54) is 11.3 Å². The lowest BCUT2D eigenvalue weighted by Crippen LogP contribution is -2.34. The van der Waals surface area contributed by atoms with Crippen molar-refractivity contribution in [3.63, 3.8) is 0 Å². The molecule has 0 bridgehead atoms. The van der Waals surface area contributed by atoms with Gasteiger partial charge in [0.1, 0.15) is 0 Å². The van der Waals surface area contributed by atoms with Gasteiger partial charge in [0.05, 0.1) is 4.88 Å². The van der Waals surface area contributed by atoms with Crippen LogP contribution in [0.4, 0.5) is 0 Å². The number of carbonyl (C=O) groups is 3. The van der Waals surface area contributed by atoms with Crippen molar-refractivity contribution in [2.45, 2.75) is 39.2 Å². The third-order valence-corrected chi connectivity index (χ3v) is 3.41. The van der Waals surface area contributed by atoms with E-state index < -0.39 is 0 Å². The summed E-state index contributed by atoms with van der Waals surface area (Å²) in [5, 5.41) is 7.22. The molecule has 1 rings (SSSR count). The molecule has 5 nitrogen and oxygen atoms in total. The van der Waals surface area contributed by atoms with Crippen LogP contribution in [0.1, 0.15) is 42.8 Å². The molecule has 6 heteroatoms. The maximum Gasteiger partial charge on any atom is 0.221 e. The molecule has 0 aliphatic heterocycles. The average Bonchev–Trinajstić information content (AvgIpc) is 2.88. The second-order valence-corrected chi connectivity index (χ2v) is 5.67. The van der Waals surface area contributed by atoms with Gasteiger partial charge in [0.25, 0.3) is 0 Å². The van der Waals surface area contributed by atoms with Gasteiger partial charge in [0.15, 0.2) is 5.78 Å². The van der Waals surface area contributed by atoms with E-state index in [2.05, 4.69) is 10.6 Å². The van der Waals surface area contributed by atoms with Gasteiger partial charge in [-0.2, -0.15) is 0 Å². The Kier molecular flexibility index (Phi) is 6.93. The van der Waals surface area contributed by atoms with Gasteiger partial charge in [0.2, 0.25) is 11.8 Å². The van der Waals surface area contributed by atoms with Crippen LogP contribution >= 0.6 is 11.3 Å². The minimum absolute atomic E-state index is 0.0206. The summed E-state index contributed by atoms with van der Waals surface area (Å²) in [5.74, 6) is -0.310. The number of amides is 2. The van der Waals surface area contributed by atoms with Crippen LogP contribution in [0.15, 0.2) is 17.5 Å². The fourth-order valence-electron chi connectivity index (χ4n) is 1.59. The highest BCUT2D eigenvalue weighted by Gasteiger charge is 2.10. The third-order valence-electron chi connectivity index (χ3n) is 2.50. The van der Waals surface area contributed by atoms with Gasteiger partial charge in [-0.25, -0.2) is 0 Å². The molecule has 0 unspecified atom stereocenters. The van der Waals surface area contributed by atoms with E-state index in [4.69, 9.17) is 0 Å². The summed E-state index contributed by atoms with van der Waals surface area (Å²) in [6, 6.07) is 3.66. The van der Waals surface area contributed by atoms with Gasteiger partial charge in [-0.15, -0.1) is 11.3 Å². The number of carbonyl (C=O) groups excluding carboxylic acids is 3. The number of thiophene rings is 1. The topological polar surface area (TPSA) is 75.3 Å². The van der Waals surface area contributed by atoms with Crippen molar-refractivity contribution >= 4 is 28.9 Å². The molecule has 0 radical (unpaired) electrons. The zero-order valence-electron chi connectivity index (χ0n) is 11.8. The highest BCUT2D eigenvalue weighted by molar-refractivity contribution is 7.12. The Morgan fingerprint density at radius 1 is 1.15 bits per heavy atom. The van der Waals surface area contributed by atoms with Gasteiger partial charge < -0.3 is 10.6 Å². The molecule has 110 valence electrons. The summed E-state index contributed by atoms with van der Waals surface area (Å²) < 4.78 is 0. The van der Waals surface area contributed by atoms with Crippen molar-refractivity contribution in [1.82, 2.24) is 10.6 Å². The van der Waals surface area contributed by atoms with Crippen LogP contribution < -0.4 is 10.6 Å². The van der Waals surface area contributed by atoms with Crippen LogP contribution in [0, 0.1) is 0 Å². The lowest BCUT2D eigenvalue weighted by molar-refractivity contribution is -0.122. The van der Waals surface area contributed by atoms with Gasteiger partial charge in [0, 0.05) is 31.8 Å². The van der Waals surface area contributed by atoms with Crippen molar-refractivity contribution in [3.05, 3.63) is 22.4 Å². The predicted octanol–water partition coefficient (Wildman–Crippen LogP) is 1.74. The lowest BCUT2D eigenvalue weighted by atomic mass is 10.2. The van der Waals surface area contributed by atoms with Crippen LogP contribution in [0.3, 0.4) is 0 Å². The Morgan fingerprint density at radius 3 is 2.50 bits per heavy atom. The molecule has 0 spiro atoms. The molecule has 1 aromatic heterocycles. The van der Waals surface area contributed by atoms with Crippen LogP contribution in [-0.4, -0.2) is 30.2 Å². The molecule has 0 saturated carbocycles. The Labute approximate surface area is 122 Å². The maximum absolute atomic E-state index is 11.7. The van der Waals surface area contributed by atoms with E-state index in [0.717, 1.165) is 0 Å². The molecule has 0 atom stereocenters. The summed E-state index contributed by atoms with van der Waals surface area (Å²) >= 11 is 1.38. The number of hydrogen-bond donors (Lipinski definition) is 2. The molecule has 2 N–H and O–H groups in total. The second kappa shape index (κ2) is 8.47. The molecule has 20 heavy (non-hydrogen) atoms. The van der Waals surface area contributed by atoms with Gasteiger partial charge in [-0.05, 0) is 25.3 Å². The highest BCUT2D eigenvalue weighted by atomic mass is 32.1. The van der Waals surface area contributed by atoms with Crippen molar-refractivity contribution < 1.29 is 14.4 Å². The van der Waals surface area contributed by atoms with E-state index in [1.807, 2.05) is 25.3 Å². The van der Waals surface area contributed by atoms with Gasteiger partial charge >= 0.3 is 0 Å². The van der Waals surface area contributed by atoms with Crippen molar-refractivity contribution in [3.8, 4) is 0 Å². The number of ketones is 1. The first-order valence-corrected chi connectivity index (χ1v) is 7.49. The summed E-state index contributed by atoms with van der Waals surface area (Å²) in [7, 11) is 0. The smallest absolute Gasteiger partial charge is 0.221 e. The van der Waals surface area contributed by atoms with E-state index in [0.29, 0.717) is 11.4 Å². The fraction of sp³-hybridized carbons (Fsp3) is 0.500. The molecule has 0 saturated heterocycles. The van der Waals surface area contributed by atoms with Crippen LogP contribution in [0.2, 0.25) is 0 Å². The fourth-order valence-corrected chi connectivity index (χ4v) is 2.28. The Morgan fingerprint density at radius 2 is 1.90 bits per heavy atom. The predicted molar refractivity (Wildman–Crippen MR) is 78.8 cm³/mol. The van der Waals surface area contributed by atoms with Crippen molar-refractivity contribution in [2.75, 3.05) is 6.54 Å². The molecular formula is C14H20N2O3S. The zero-order chi connectivity index (χ0) is 15.0. The first kappa shape index (κ1) is 16.4. The summed E-state index contributed by atoms with van der Waals surface area (Å²) in [6.45, 7) is 4.06. The summed E-state index contributed by atoms with van der Waals surface area (Å²) in [6.07, 6.45) is 0.607. The van der Waals surface area contributed by atoms with Crippen LogP contribution in [-0.2, 0) is 9.59 Å². The van der Waals surface area contributed by atoms with Crippen LogP contribution in [0.5, 0.6) is 0 Å². The highest BCUT2D eigenvalue weighted by Crippen LogP contribution is 2.12. The number of hydrogen-bond acceptors (Lipinski definition) is 4. The molecule has 0 aliphatic rings. The molecule has 1 aromatic rings. The Bertz CT molecular complexity index is 455. The number of rotatable bonds is 8. The van der Waals surface area contributed by atoms with E-state index in [9.17, 15) is 14.4 Å². The largest absolute Gasteiger partial charge is 0.356 e. The van der Waals surface area contributed by atoms with Crippen molar-refractivity contribution in [2.24, 2.45) is 0 Å². The zero-order valence-corrected chi connectivity index (χ0v) is 12.6. The molecule has 2 amide bonds. The lowest BCUT2D eigenvalue weighted by Gasteiger charge is -2.08. The first-order chi connectivity index (χ1) is 9.49. The first-order valence-electron chi connectivity index (χ1n) is 6.62. The minimum Gasteiger partial charge on any atom is -0.356 e. The Hall–Kier alpha value is -1.69. The average molecular weight is 296 g/mol. The monoisotopic (exact) mass is 296 g/mol. The molecule has 1 heterocycles. The SMILES string of the molecule is CC(C)NC(=O)CCNC(=O)CCC(=O)c1cccs1. The third kappa shape index (κ3) is 6.47. The van der Waals surface area contributed by atoms with E-state index >= 15 is 0 Å². The molecule has 0 fully saturated rings. The number of nitrogens with one attached hydrogen (secondary N) is 2. The quantitative estimate of drug-likeness (QED) is 0.718. The van der Waals surface area contributed by atoms with Crippen molar-refractivity contribution in [1.29, 1.82) is 0 Å².